The summed E-state index contributed by atoms with van der Waals surface area (Å²) in [7, 11) is 0. The first-order valence-electron chi connectivity index (χ1n) is 14.1. The van der Waals surface area contributed by atoms with Crippen molar-refractivity contribution in [1.29, 1.82) is 0 Å². The van der Waals surface area contributed by atoms with Gasteiger partial charge < -0.3 is 10.2 Å². The molecule has 0 atom stereocenters. The molecule has 0 bridgehead atoms. The van der Waals surface area contributed by atoms with Gasteiger partial charge in [0, 0.05) is 23.6 Å². The van der Waals surface area contributed by atoms with Gasteiger partial charge in [-0.15, -0.1) is 0 Å². The Morgan fingerprint density at radius 1 is 0.658 bits per heavy atom. The predicted octanol–water partition coefficient (Wildman–Crippen LogP) is 9.53. The lowest BCUT2D eigenvalue weighted by Gasteiger charge is -2.14. The van der Waals surface area contributed by atoms with E-state index in [1.54, 1.807) is 12.4 Å². The summed E-state index contributed by atoms with van der Waals surface area (Å²) in [6.07, 6.45) is 9.93. The van der Waals surface area contributed by atoms with Gasteiger partial charge in [-0.05, 0) is 84.0 Å². The molecule has 0 saturated heterocycles. The summed E-state index contributed by atoms with van der Waals surface area (Å²) in [6.45, 7) is 12.8. The van der Waals surface area contributed by atoms with Crippen LogP contribution in [0.25, 0.3) is 0 Å². The first kappa shape index (κ1) is 29.2. The fourth-order valence-corrected chi connectivity index (χ4v) is 4.58. The molecule has 0 fully saturated rings. The zero-order valence-electron chi connectivity index (χ0n) is 24.0. The summed E-state index contributed by atoms with van der Waals surface area (Å²) >= 11 is 0. The fraction of sp³-hybridized carbons (Fsp3) is 0.412. The summed E-state index contributed by atoms with van der Waals surface area (Å²) in [5, 5.41) is 21.9. The van der Waals surface area contributed by atoms with Crippen molar-refractivity contribution in [3.8, 4) is 11.5 Å². The zero-order valence-corrected chi connectivity index (χ0v) is 24.0. The van der Waals surface area contributed by atoms with Crippen LogP contribution in [0.3, 0.4) is 0 Å². The minimum atomic E-state index is 0.220. The lowest BCUT2D eigenvalue weighted by atomic mass is 9.94. The standard InChI is InChI=1S/C34H44N2O2/c1-7-9-13-25-17-27(33(37)29(19-25)23(3)4)21-35-31-15-11-12-16-32(31)36-22-28-18-26(14-10-8-2)20-30(24(5)6)34(28)38/h11-12,15-24,37-38H,7-10,13-14H2,1-6H3. The molecule has 0 aliphatic rings. The van der Waals surface area contributed by atoms with Crippen LogP contribution in [0.2, 0.25) is 0 Å². The van der Waals surface area contributed by atoms with Crippen molar-refractivity contribution < 1.29 is 10.2 Å². The Bertz CT molecular complexity index is 1170. The number of benzene rings is 3. The molecule has 3 aromatic carbocycles. The molecule has 0 amide bonds. The molecule has 0 saturated carbocycles. The normalized spacial score (nSPS) is 12.0. The van der Waals surface area contributed by atoms with Crippen molar-refractivity contribution in [2.75, 3.05) is 0 Å². The molecule has 38 heavy (non-hydrogen) atoms. The van der Waals surface area contributed by atoms with Crippen LogP contribution in [0.15, 0.2) is 58.5 Å². The maximum absolute atomic E-state index is 10.9. The minimum Gasteiger partial charge on any atom is -0.507 e. The molecular formula is C34H44N2O2. The molecule has 0 aliphatic carbocycles. The summed E-state index contributed by atoms with van der Waals surface area (Å²) in [5.74, 6) is 1.02. The number of rotatable bonds is 12. The largest absolute Gasteiger partial charge is 0.507 e. The first-order chi connectivity index (χ1) is 18.2. The third-order valence-electron chi connectivity index (χ3n) is 6.91. The average molecular weight is 513 g/mol. The van der Waals surface area contributed by atoms with Crippen LogP contribution < -0.4 is 0 Å². The average Bonchev–Trinajstić information content (AvgIpc) is 2.90. The number of aromatic hydroxyl groups is 2. The smallest absolute Gasteiger partial charge is 0.127 e. The summed E-state index contributed by atoms with van der Waals surface area (Å²) in [6, 6.07) is 16.0. The number of aryl methyl sites for hydroxylation is 2. The number of aliphatic imine (C=N–C) groups is 2. The highest BCUT2D eigenvalue weighted by molar-refractivity contribution is 5.90. The van der Waals surface area contributed by atoms with E-state index in [4.69, 9.17) is 9.98 Å². The van der Waals surface area contributed by atoms with Crippen molar-refractivity contribution in [3.63, 3.8) is 0 Å². The highest BCUT2D eigenvalue weighted by Crippen LogP contribution is 2.34. The molecule has 0 heterocycles. The maximum Gasteiger partial charge on any atom is 0.127 e. The van der Waals surface area contributed by atoms with E-state index < -0.39 is 0 Å². The molecule has 202 valence electrons. The van der Waals surface area contributed by atoms with E-state index in [1.807, 2.05) is 36.4 Å². The van der Waals surface area contributed by atoms with Gasteiger partial charge >= 0.3 is 0 Å². The third kappa shape index (κ3) is 7.56. The number of unbranched alkanes of at least 4 members (excludes halogenated alkanes) is 2. The van der Waals surface area contributed by atoms with Crippen molar-refractivity contribution in [1.82, 2.24) is 0 Å². The lowest BCUT2D eigenvalue weighted by molar-refractivity contribution is 0.463. The van der Waals surface area contributed by atoms with E-state index in [-0.39, 0.29) is 11.8 Å². The van der Waals surface area contributed by atoms with E-state index >= 15 is 0 Å². The number of hydrogen-bond acceptors (Lipinski definition) is 4. The van der Waals surface area contributed by atoms with Crippen LogP contribution in [-0.2, 0) is 12.8 Å². The Morgan fingerprint density at radius 2 is 1.05 bits per heavy atom. The van der Waals surface area contributed by atoms with E-state index in [9.17, 15) is 10.2 Å². The van der Waals surface area contributed by atoms with Gasteiger partial charge in [0.2, 0.25) is 0 Å². The van der Waals surface area contributed by atoms with Crippen molar-refractivity contribution in [3.05, 3.63) is 81.9 Å². The molecule has 0 unspecified atom stereocenters. The zero-order chi connectivity index (χ0) is 27.7. The van der Waals surface area contributed by atoms with Crippen LogP contribution in [0.4, 0.5) is 11.4 Å². The fourth-order valence-electron chi connectivity index (χ4n) is 4.58. The first-order valence-corrected chi connectivity index (χ1v) is 14.1. The molecule has 3 aromatic rings. The second-order valence-corrected chi connectivity index (χ2v) is 10.8. The van der Waals surface area contributed by atoms with Gasteiger partial charge in [0.25, 0.3) is 0 Å². The molecule has 2 N–H and O–H groups in total. The molecule has 0 radical (unpaired) electrons. The topological polar surface area (TPSA) is 65.2 Å². The molecule has 4 heteroatoms. The second-order valence-electron chi connectivity index (χ2n) is 10.8. The van der Waals surface area contributed by atoms with Gasteiger partial charge in [0.1, 0.15) is 11.5 Å². The Labute approximate surface area is 229 Å². The highest BCUT2D eigenvalue weighted by Gasteiger charge is 2.13. The van der Waals surface area contributed by atoms with Crippen LogP contribution >= 0.6 is 0 Å². The van der Waals surface area contributed by atoms with Gasteiger partial charge in [0.05, 0.1) is 11.4 Å². The molecule has 4 nitrogen and oxygen atoms in total. The Kier molecular flexibility index (Phi) is 10.7. The monoisotopic (exact) mass is 512 g/mol. The van der Waals surface area contributed by atoms with Gasteiger partial charge in [-0.25, -0.2) is 0 Å². The summed E-state index contributed by atoms with van der Waals surface area (Å²) < 4.78 is 0. The third-order valence-corrected chi connectivity index (χ3v) is 6.91. The summed E-state index contributed by atoms with van der Waals surface area (Å²) in [4.78, 5) is 9.47. The van der Waals surface area contributed by atoms with Gasteiger partial charge in [0.15, 0.2) is 0 Å². The molecular weight excluding hydrogens is 468 g/mol. The van der Waals surface area contributed by atoms with Crippen LogP contribution in [0, 0.1) is 0 Å². The van der Waals surface area contributed by atoms with Gasteiger partial charge in [-0.1, -0.05) is 78.6 Å². The van der Waals surface area contributed by atoms with E-state index in [0.29, 0.717) is 22.9 Å². The second kappa shape index (κ2) is 13.9. The van der Waals surface area contributed by atoms with Crippen molar-refractivity contribution in [2.24, 2.45) is 9.98 Å². The Hall–Kier alpha value is -3.40. The molecule has 0 spiro atoms. The molecule has 3 rings (SSSR count). The van der Waals surface area contributed by atoms with Gasteiger partial charge in [-0.3, -0.25) is 9.98 Å². The van der Waals surface area contributed by atoms with Crippen LogP contribution in [-0.4, -0.2) is 22.6 Å². The van der Waals surface area contributed by atoms with E-state index in [1.165, 1.54) is 11.1 Å². The SMILES string of the molecule is CCCCc1cc(C=Nc2ccccc2N=Cc2cc(CCCC)cc(C(C)C)c2O)c(O)c(C(C)C)c1. The number of para-hydroxylation sites is 2. The number of hydrogen-bond donors (Lipinski definition) is 2. The van der Waals surface area contributed by atoms with Gasteiger partial charge in [-0.2, -0.15) is 0 Å². The Morgan fingerprint density at radius 3 is 1.39 bits per heavy atom. The quantitative estimate of drug-likeness (QED) is 0.237. The van der Waals surface area contributed by atoms with E-state index in [2.05, 4.69) is 53.7 Å². The van der Waals surface area contributed by atoms with Crippen molar-refractivity contribution in [2.45, 2.75) is 91.9 Å². The Balaban J connectivity index is 1.97. The highest BCUT2D eigenvalue weighted by atomic mass is 16.3. The number of phenols is 2. The van der Waals surface area contributed by atoms with Crippen LogP contribution in [0.1, 0.15) is 112 Å². The molecule has 0 aliphatic heterocycles. The summed E-state index contributed by atoms with van der Waals surface area (Å²) in [5.41, 5.74) is 7.21. The number of phenolic OH excluding ortho intramolecular Hbond substituents is 2. The van der Waals surface area contributed by atoms with E-state index in [0.717, 1.165) is 60.8 Å². The lowest BCUT2D eigenvalue weighted by Crippen LogP contribution is -1.97. The van der Waals surface area contributed by atoms with Crippen LogP contribution in [0.5, 0.6) is 11.5 Å². The maximum atomic E-state index is 10.9. The van der Waals surface area contributed by atoms with Crippen molar-refractivity contribution >= 4 is 23.8 Å². The predicted molar refractivity (Wildman–Crippen MR) is 163 cm³/mol. The minimum absolute atomic E-state index is 0.220. The molecule has 0 aromatic heterocycles. The number of nitrogens with zero attached hydrogens (tertiary/aromatic N) is 2.